The van der Waals surface area contributed by atoms with Crippen LogP contribution in [0.2, 0.25) is 0 Å². The highest BCUT2D eigenvalue weighted by Gasteiger charge is 2.27. The van der Waals surface area contributed by atoms with Gasteiger partial charge in [0.25, 0.3) is 0 Å². The molecule has 0 spiro atoms. The molecule has 0 saturated carbocycles. The van der Waals surface area contributed by atoms with Gasteiger partial charge in [-0.15, -0.1) is 0 Å². The highest BCUT2D eigenvalue weighted by molar-refractivity contribution is 7.99. The van der Waals surface area contributed by atoms with Crippen LogP contribution in [0.4, 0.5) is 0 Å². The highest BCUT2D eigenvalue weighted by atomic mass is 32.2. The number of amides is 1. The van der Waals surface area contributed by atoms with Crippen molar-refractivity contribution in [2.75, 3.05) is 31.1 Å². The molecule has 0 unspecified atom stereocenters. The molecule has 0 bridgehead atoms. The van der Waals surface area contributed by atoms with Gasteiger partial charge in [-0.1, -0.05) is 0 Å². The van der Waals surface area contributed by atoms with Gasteiger partial charge in [-0.3, -0.25) is 4.79 Å². The predicted molar refractivity (Wildman–Crippen MR) is 73.3 cm³/mol. The molecule has 2 aliphatic rings. The molecule has 17 heavy (non-hydrogen) atoms. The average molecular weight is 256 g/mol. The second-order valence-corrected chi connectivity index (χ2v) is 6.24. The summed E-state index contributed by atoms with van der Waals surface area (Å²) in [6.45, 7) is 5.17. The fraction of sp³-hybridized carbons (Fsp3) is 0.923. The van der Waals surface area contributed by atoms with Gasteiger partial charge in [0.2, 0.25) is 5.91 Å². The zero-order valence-corrected chi connectivity index (χ0v) is 11.6. The topological polar surface area (TPSA) is 32.3 Å². The van der Waals surface area contributed by atoms with Crippen molar-refractivity contribution in [2.24, 2.45) is 5.92 Å². The third-order valence-corrected chi connectivity index (χ3v) is 5.07. The Hall–Kier alpha value is -0.220. The van der Waals surface area contributed by atoms with Crippen molar-refractivity contribution in [3.63, 3.8) is 0 Å². The first-order valence-electron chi connectivity index (χ1n) is 6.89. The number of nitrogens with one attached hydrogen (secondary N) is 1. The lowest BCUT2D eigenvalue weighted by Crippen LogP contribution is -2.41. The zero-order valence-electron chi connectivity index (χ0n) is 10.8. The van der Waals surface area contributed by atoms with Crippen molar-refractivity contribution in [3.8, 4) is 0 Å². The first-order chi connectivity index (χ1) is 8.31. The molecule has 0 aromatic rings. The number of rotatable bonds is 4. The summed E-state index contributed by atoms with van der Waals surface area (Å²) in [6.07, 6.45) is 4.30. The van der Waals surface area contributed by atoms with E-state index in [0.717, 1.165) is 31.8 Å². The molecule has 2 fully saturated rings. The molecule has 2 heterocycles. The summed E-state index contributed by atoms with van der Waals surface area (Å²) in [4.78, 5) is 14.5. The first-order valence-corrected chi connectivity index (χ1v) is 8.04. The van der Waals surface area contributed by atoms with E-state index in [1.807, 2.05) is 11.8 Å². The Labute approximate surface area is 109 Å². The molecule has 1 atom stereocenters. The van der Waals surface area contributed by atoms with Gasteiger partial charge in [0.05, 0.1) is 0 Å². The Bertz CT molecular complexity index is 248. The molecule has 2 saturated heterocycles. The second-order valence-electron chi connectivity index (χ2n) is 5.09. The van der Waals surface area contributed by atoms with Crippen molar-refractivity contribution >= 4 is 17.7 Å². The molecule has 0 aromatic carbocycles. The molecule has 98 valence electrons. The quantitative estimate of drug-likeness (QED) is 0.831. The van der Waals surface area contributed by atoms with E-state index in [2.05, 4.69) is 17.1 Å². The third kappa shape index (κ3) is 3.62. The Morgan fingerprint density at radius 1 is 1.35 bits per heavy atom. The normalized spacial score (nSPS) is 26.1. The zero-order chi connectivity index (χ0) is 12.1. The lowest BCUT2D eigenvalue weighted by molar-refractivity contribution is -0.134. The lowest BCUT2D eigenvalue weighted by atomic mass is 9.94. The minimum absolute atomic E-state index is 0.395. The maximum absolute atomic E-state index is 12.3. The fourth-order valence-corrected chi connectivity index (χ4v) is 4.08. The van der Waals surface area contributed by atoms with E-state index in [1.165, 1.54) is 25.0 Å². The fourth-order valence-electron chi connectivity index (χ4n) is 2.86. The summed E-state index contributed by atoms with van der Waals surface area (Å²) in [5.41, 5.74) is 0. The van der Waals surface area contributed by atoms with Gasteiger partial charge in [-0.25, -0.2) is 0 Å². The molecule has 1 N–H and O–H groups in total. The Morgan fingerprint density at radius 2 is 2.12 bits per heavy atom. The summed E-state index contributed by atoms with van der Waals surface area (Å²) in [6, 6.07) is 0.513. The van der Waals surface area contributed by atoms with E-state index in [1.54, 1.807) is 0 Å². The standard InChI is InChI=1S/C13H24N2OS/c1-2-15(12-5-8-17-10-12)13(16)9-11-3-6-14-7-4-11/h11-12,14H,2-10H2,1H3/t12-/m0/s1. The molecule has 1 amide bonds. The number of hydrogen-bond acceptors (Lipinski definition) is 3. The van der Waals surface area contributed by atoms with E-state index in [9.17, 15) is 4.79 Å². The number of carbonyl (C=O) groups is 1. The summed E-state index contributed by atoms with van der Waals surface area (Å²) < 4.78 is 0. The molecular formula is C13H24N2OS. The number of thioether (sulfide) groups is 1. The van der Waals surface area contributed by atoms with Crippen LogP contribution in [-0.4, -0.2) is 48.0 Å². The first kappa shape index (κ1) is 13.2. The molecule has 0 radical (unpaired) electrons. The average Bonchev–Trinajstić information content (AvgIpc) is 2.85. The van der Waals surface area contributed by atoms with Crippen LogP contribution in [-0.2, 0) is 4.79 Å². The summed E-state index contributed by atoms with van der Waals surface area (Å²) in [5.74, 6) is 3.38. The maximum Gasteiger partial charge on any atom is 0.223 e. The lowest BCUT2D eigenvalue weighted by Gasteiger charge is -2.30. The summed E-state index contributed by atoms with van der Waals surface area (Å²) in [7, 11) is 0. The molecule has 2 aliphatic heterocycles. The predicted octanol–water partition coefficient (Wildman–Crippen LogP) is 1.73. The van der Waals surface area contributed by atoms with Crippen LogP contribution in [0.1, 0.15) is 32.6 Å². The van der Waals surface area contributed by atoms with Crippen molar-refractivity contribution in [3.05, 3.63) is 0 Å². The van der Waals surface area contributed by atoms with E-state index in [-0.39, 0.29) is 0 Å². The molecule has 3 nitrogen and oxygen atoms in total. The van der Waals surface area contributed by atoms with Crippen LogP contribution in [0.25, 0.3) is 0 Å². The van der Waals surface area contributed by atoms with Gasteiger partial charge in [0, 0.05) is 24.8 Å². The number of piperidine rings is 1. The van der Waals surface area contributed by atoms with Crippen molar-refractivity contribution in [1.82, 2.24) is 10.2 Å². The molecule has 2 rings (SSSR count). The van der Waals surface area contributed by atoms with Crippen molar-refractivity contribution < 1.29 is 4.79 Å². The maximum atomic E-state index is 12.3. The Balaban J connectivity index is 1.83. The third-order valence-electron chi connectivity index (χ3n) is 3.93. The minimum Gasteiger partial charge on any atom is -0.339 e. The molecule has 4 heteroatoms. The smallest absolute Gasteiger partial charge is 0.223 e. The van der Waals surface area contributed by atoms with Gasteiger partial charge in [0.1, 0.15) is 0 Å². The van der Waals surface area contributed by atoms with E-state index in [4.69, 9.17) is 0 Å². The van der Waals surface area contributed by atoms with Gasteiger partial charge in [0.15, 0.2) is 0 Å². The molecule has 0 aromatic heterocycles. The van der Waals surface area contributed by atoms with E-state index < -0.39 is 0 Å². The monoisotopic (exact) mass is 256 g/mol. The van der Waals surface area contributed by atoms with Crippen LogP contribution in [0.15, 0.2) is 0 Å². The molecular weight excluding hydrogens is 232 g/mol. The van der Waals surface area contributed by atoms with Crippen LogP contribution in [0.5, 0.6) is 0 Å². The molecule has 0 aliphatic carbocycles. The van der Waals surface area contributed by atoms with Crippen molar-refractivity contribution in [2.45, 2.75) is 38.6 Å². The van der Waals surface area contributed by atoms with Crippen LogP contribution in [0, 0.1) is 5.92 Å². The summed E-state index contributed by atoms with van der Waals surface area (Å²) >= 11 is 1.99. The Morgan fingerprint density at radius 3 is 2.71 bits per heavy atom. The van der Waals surface area contributed by atoms with Gasteiger partial charge >= 0.3 is 0 Å². The largest absolute Gasteiger partial charge is 0.339 e. The van der Waals surface area contributed by atoms with Crippen molar-refractivity contribution in [1.29, 1.82) is 0 Å². The van der Waals surface area contributed by atoms with E-state index >= 15 is 0 Å². The minimum atomic E-state index is 0.395. The van der Waals surface area contributed by atoms with Gasteiger partial charge in [-0.2, -0.15) is 11.8 Å². The number of carbonyl (C=O) groups excluding carboxylic acids is 1. The SMILES string of the molecule is CCN(C(=O)CC1CCNCC1)[C@H]1CCSC1. The van der Waals surface area contributed by atoms with Gasteiger partial charge < -0.3 is 10.2 Å². The van der Waals surface area contributed by atoms with Gasteiger partial charge in [-0.05, 0) is 50.9 Å². The Kier molecular flexibility index (Phi) is 5.16. The second kappa shape index (κ2) is 6.64. The van der Waals surface area contributed by atoms with E-state index in [0.29, 0.717) is 17.9 Å². The van der Waals surface area contributed by atoms with Crippen LogP contribution < -0.4 is 5.32 Å². The number of nitrogens with zero attached hydrogens (tertiary/aromatic N) is 1. The van der Waals surface area contributed by atoms with Crippen LogP contribution >= 0.6 is 11.8 Å². The number of hydrogen-bond donors (Lipinski definition) is 1. The summed E-state index contributed by atoms with van der Waals surface area (Å²) in [5, 5.41) is 3.36. The highest BCUT2D eigenvalue weighted by Crippen LogP contribution is 2.24. The van der Waals surface area contributed by atoms with Crippen LogP contribution in [0.3, 0.4) is 0 Å².